The Morgan fingerprint density at radius 2 is 1.43 bits per heavy atom. The molecule has 2 atom stereocenters. The molecule has 70 valence electrons. The minimum Gasteiger partial charge on any atom is -0.282 e. The molecule has 2 aliphatic rings. The van der Waals surface area contributed by atoms with Crippen molar-refractivity contribution in [1.82, 2.24) is 20.4 Å². The predicted octanol–water partition coefficient (Wildman–Crippen LogP) is 1.11. The van der Waals surface area contributed by atoms with Gasteiger partial charge in [0.15, 0.2) is 0 Å². The van der Waals surface area contributed by atoms with Gasteiger partial charge in [-0.2, -0.15) is 10.2 Å². The summed E-state index contributed by atoms with van der Waals surface area (Å²) in [6.45, 7) is 0. The van der Waals surface area contributed by atoms with Crippen LogP contribution in [0.15, 0.2) is 12.4 Å². The van der Waals surface area contributed by atoms with Crippen molar-refractivity contribution in [2.24, 2.45) is 0 Å². The summed E-state index contributed by atoms with van der Waals surface area (Å²) in [4.78, 5) is 0. The summed E-state index contributed by atoms with van der Waals surface area (Å²) in [6, 6.07) is 0. The number of hydrogen-bond donors (Lipinski definition) is 2. The molecule has 2 heterocycles. The van der Waals surface area contributed by atoms with Gasteiger partial charge < -0.3 is 0 Å². The van der Waals surface area contributed by atoms with Crippen molar-refractivity contribution in [2.45, 2.75) is 24.7 Å². The number of fused-ring (bicyclic) bond motifs is 5. The number of aromatic nitrogens is 4. The molecule has 0 saturated carbocycles. The summed E-state index contributed by atoms with van der Waals surface area (Å²) in [6.07, 6.45) is 6.16. The number of nitrogens with one attached hydrogen (secondary N) is 2. The van der Waals surface area contributed by atoms with Gasteiger partial charge >= 0.3 is 0 Å². The van der Waals surface area contributed by atoms with Crippen molar-refractivity contribution in [3.63, 3.8) is 0 Å². The van der Waals surface area contributed by atoms with Crippen LogP contribution in [0.3, 0.4) is 0 Å². The van der Waals surface area contributed by atoms with E-state index in [2.05, 4.69) is 20.4 Å². The molecule has 14 heavy (non-hydrogen) atoms. The molecule has 4 nitrogen and oxygen atoms in total. The highest BCUT2D eigenvalue weighted by atomic mass is 15.1. The van der Waals surface area contributed by atoms with Crippen LogP contribution in [0.25, 0.3) is 0 Å². The predicted molar refractivity (Wildman–Crippen MR) is 50.1 cm³/mol. The van der Waals surface area contributed by atoms with Crippen LogP contribution in [0.5, 0.6) is 0 Å². The van der Waals surface area contributed by atoms with Crippen LogP contribution < -0.4 is 0 Å². The van der Waals surface area contributed by atoms with Crippen LogP contribution in [-0.4, -0.2) is 20.4 Å². The second-order valence-electron chi connectivity index (χ2n) is 4.24. The molecule has 0 aliphatic heterocycles. The number of aromatic amines is 2. The number of rotatable bonds is 0. The lowest BCUT2D eigenvalue weighted by Gasteiger charge is -2.08. The quantitative estimate of drug-likeness (QED) is 0.647. The summed E-state index contributed by atoms with van der Waals surface area (Å²) in [5.74, 6) is 1.24. The third-order valence-corrected chi connectivity index (χ3v) is 3.61. The largest absolute Gasteiger partial charge is 0.282 e. The Labute approximate surface area is 80.7 Å². The first-order valence-electron chi connectivity index (χ1n) is 4.98. The van der Waals surface area contributed by atoms with Crippen LogP contribution in [0.1, 0.15) is 34.4 Å². The summed E-state index contributed by atoms with van der Waals surface area (Å²) in [7, 11) is 0. The van der Waals surface area contributed by atoms with Crippen LogP contribution >= 0.6 is 0 Å². The molecule has 2 aromatic rings. The van der Waals surface area contributed by atoms with E-state index in [1.54, 1.807) is 0 Å². The Morgan fingerprint density at radius 1 is 0.929 bits per heavy atom. The van der Waals surface area contributed by atoms with Gasteiger partial charge in [-0.1, -0.05) is 0 Å². The van der Waals surface area contributed by atoms with Crippen LogP contribution in [0.2, 0.25) is 0 Å². The lowest BCUT2D eigenvalue weighted by Crippen LogP contribution is -2.02. The first kappa shape index (κ1) is 6.81. The number of nitrogens with zero attached hydrogens (tertiary/aromatic N) is 2. The van der Waals surface area contributed by atoms with Crippen LogP contribution in [0.4, 0.5) is 0 Å². The Kier molecular flexibility index (Phi) is 1.01. The molecule has 0 amide bonds. The zero-order chi connectivity index (χ0) is 9.12. The standard InChI is InChI=1S/C10H10N4/c1-5-3-11-13-9(5)8-2-6-4-12-14-10(6)7(1)8/h3-4,7-8H,1-2H2,(H,11,13)(H,12,14)/t7-,8-/m0/s1. The topological polar surface area (TPSA) is 57.4 Å². The van der Waals surface area contributed by atoms with Crippen molar-refractivity contribution in [1.29, 1.82) is 0 Å². The molecule has 2 N–H and O–H groups in total. The normalized spacial score (nSPS) is 27.4. The monoisotopic (exact) mass is 186 g/mol. The maximum absolute atomic E-state index is 4.10. The summed E-state index contributed by atoms with van der Waals surface area (Å²) in [5, 5.41) is 14.5. The van der Waals surface area contributed by atoms with Crippen LogP contribution in [-0.2, 0) is 12.8 Å². The summed E-state index contributed by atoms with van der Waals surface area (Å²) >= 11 is 0. The van der Waals surface area contributed by atoms with Gasteiger partial charge in [0.25, 0.3) is 0 Å². The van der Waals surface area contributed by atoms with Crippen molar-refractivity contribution in [3.05, 3.63) is 34.9 Å². The van der Waals surface area contributed by atoms with E-state index >= 15 is 0 Å². The lowest BCUT2D eigenvalue weighted by molar-refractivity contribution is 0.597. The fraction of sp³-hybridized carbons (Fsp3) is 0.400. The molecule has 0 unspecified atom stereocenters. The third kappa shape index (κ3) is 0.626. The highest BCUT2D eigenvalue weighted by Crippen LogP contribution is 2.49. The molecule has 2 aromatic heterocycles. The van der Waals surface area contributed by atoms with Gasteiger partial charge in [-0.15, -0.1) is 0 Å². The molecule has 0 aromatic carbocycles. The van der Waals surface area contributed by atoms with Crippen molar-refractivity contribution in [3.8, 4) is 0 Å². The lowest BCUT2D eigenvalue weighted by atomic mass is 9.98. The average Bonchev–Trinajstić information content (AvgIpc) is 2.80. The molecular formula is C10H10N4. The number of hydrogen-bond acceptors (Lipinski definition) is 2. The molecular weight excluding hydrogens is 176 g/mol. The SMILES string of the molecule is c1n[nH]c2c1C[C@@H]1c3[nH]ncc3C[C@H]21. The third-order valence-electron chi connectivity index (χ3n) is 3.61. The molecule has 0 saturated heterocycles. The maximum atomic E-state index is 4.10. The van der Waals surface area contributed by atoms with Crippen molar-refractivity contribution < 1.29 is 0 Å². The Hall–Kier alpha value is -1.58. The maximum Gasteiger partial charge on any atom is 0.0522 e. The fourth-order valence-electron chi connectivity index (χ4n) is 2.97. The zero-order valence-corrected chi connectivity index (χ0v) is 7.62. The molecule has 0 bridgehead atoms. The molecule has 0 fully saturated rings. The average molecular weight is 186 g/mol. The van der Waals surface area contributed by atoms with Gasteiger partial charge in [0.2, 0.25) is 0 Å². The minimum atomic E-state index is 0.622. The molecule has 0 spiro atoms. The van der Waals surface area contributed by atoms with Gasteiger partial charge in [-0.3, -0.25) is 10.2 Å². The van der Waals surface area contributed by atoms with Crippen LogP contribution in [0, 0.1) is 0 Å². The molecule has 4 rings (SSSR count). The first-order chi connectivity index (χ1) is 6.93. The van der Waals surface area contributed by atoms with E-state index in [-0.39, 0.29) is 0 Å². The van der Waals surface area contributed by atoms with Gasteiger partial charge in [0.1, 0.15) is 0 Å². The Morgan fingerprint density at radius 3 is 1.93 bits per heavy atom. The van der Waals surface area contributed by atoms with E-state index < -0.39 is 0 Å². The molecule has 0 radical (unpaired) electrons. The van der Waals surface area contributed by atoms with Crippen molar-refractivity contribution >= 4 is 0 Å². The zero-order valence-electron chi connectivity index (χ0n) is 7.62. The smallest absolute Gasteiger partial charge is 0.0522 e. The van der Waals surface area contributed by atoms with Gasteiger partial charge in [0, 0.05) is 23.2 Å². The van der Waals surface area contributed by atoms with Crippen molar-refractivity contribution in [2.75, 3.05) is 0 Å². The van der Waals surface area contributed by atoms with E-state index in [1.807, 2.05) is 12.4 Å². The van der Waals surface area contributed by atoms with E-state index in [0.29, 0.717) is 11.8 Å². The van der Waals surface area contributed by atoms with Gasteiger partial charge in [-0.25, -0.2) is 0 Å². The number of H-pyrrole nitrogens is 2. The van der Waals surface area contributed by atoms with E-state index in [9.17, 15) is 0 Å². The molecule has 2 aliphatic carbocycles. The second kappa shape index (κ2) is 2.08. The Balaban J connectivity index is 1.88. The summed E-state index contributed by atoms with van der Waals surface area (Å²) < 4.78 is 0. The van der Waals surface area contributed by atoms with E-state index in [0.717, 1.165) is 12.8 Å². The summed E-state index contributed by atoms with van der Waals surface area (Å²) in [5.41, 5.74) is 5.47. The van der Waals surface area contributed by atoms with Gasteiger partial charge in [-0.05, 0) is 24.0 Å². The van der Waals surface area contributed by atoms with E-state index in [1.165, 1.54) is 22.5 Å². The fourth-order valence-corrected chi connectivity index (χ4v) is 2.97. The van der Waals surface area contributed by atoms with Gasteiger partial charge in [0.05, 0.1) is 12.4 Å². The highest BCUT2D eigenvalue weighted by Gasteiger charge is 2.42. The minimum absolute atomic E-state index is 0.622. The van der Waals surface area contributed by atoms with E-state index in [4.69, 9.17) is 0 Å². The molecule has 4 heteroatoms. The second-order valence-corrected chi connectivity index (χ2v) is 4.24. The first-order valence-corrected chi connectivity index (χ1v) is 4.98. The Bertz CT molecular complexity index is 449. The highest BCUT2D eigenvalue weighted by molar-refractivity contribution is 5.43.